The average Bonchev–Trinajstić information content (AvgIpc) is 3.14. The number of halogens is 2. The number of hydrogen-bond acceptors (Lipinski definition) is 6. The number of aromatic amines is 1. The minimum atomic E-state index is -2.64. The standard InChI is InChI=1S/C21H25F2N7/c1-12-9-30(10-13(2)28-12)17-5-3-4-14(29-17)7-24-19-18-15(16-6-21(16,22)23)8-25-20(18)27-11-26-19/h3-5,8,11-13,16,28H,6-7,9-10H2,1-2H3,(H2,24,25,26,27)/t12-,13+,16?. The van der Waals surface area contributed by atoms with Crippen molar-refractivity contribution in [1.29, 1.82) is 0 Å². The normalized spacial score (nSPS) is 25.5. The molecule has 4 heterocycles. The van der Waals surface area contributed by atoms with Crippen LogP contribution in [0.1, 0.15) is 37.4 Å². The molecule has 0 spiro atoms. The number of alkyl halides is 2. The van der Waals surface area contributed by atoms with Crippen LogP contribution in [-0.4, -0.2) is 51.0 Å². The van der Waals surface area contributed by atoms with Gasteiger partial charge in [0.2, 0.25) is 0 Å². The Morgan fingerprint density at radius 2 is 1.97 bits per heavy atom. The lowest BCUT2D eigenvalue weighted by molar-refractivity contribution is 0.112. The Morgan fingerprint density at radius 1 is 1.20 bits per heavy atom. The molecule has 7 nitrogen and oxygen atoms in total. The molecular weight excluding hydrogens is 388 g/mol. The molecule has 158 valence electrons. The van der Waals surface area contributed by atoms with Crippen LogP contribution >= 0.6 is 0 Å². The molecule has 1 aliphatic heterocycles. The Kier molecular flexibility index (Phi) is 4.57. The molecule has 0 radical (unpaired) electrons. The third-order valence-electron chi connectivity index (χ3n) is 5.81. The van der Waals surface area contributed by atoms with Crippen molar-refractivity contribution < 1.29 is 8.78 Å². The first-order valence-electron chi connectivity index (χ1n) is 10.3. The Labute approximate surface area is 173 Å². The van der Waals surface area contributed by atoms with E-state index in [4.69, 9.17) is 4.98 Å². The molecule has 1 aliphatic carbocycles. The van der Waals surface area contributed by atoms with Crippen molar-refractivity contribution in [3.63, 3.8) is 0 Å². The van der Waals surface area contributed by atoms with Crippen LogP contribution in [-0.2, 0) is 6.54 Å². The topological polar surface area (TPSA) is 81.8 Å². The predicted octanol–water partition coefficient (Wildman–Crippen LogP) is 3.27. The van der Waals surface area contributed by atoms with Crippen LogP contribution in [0.25, 0.3) is 11.0 Å². The summed E-state index contributed by atoms with van der Waals surface area (Å²) < 4.78 is 27.3. The molecule has 3 aromatic heterocycles. The van der Waals surface area contributed by atoms with Crippen molar-refractivity contribution >= 4 is 22.7 Å². The fourth-order valence-electron chi connectivity index (χ4n) is 4.38. The molecule has 30 heavy (non-hydrogen) atoms. The predicted molar refractivity (Wildman–Crippen MR) is 112 cm³/mol. The lowest BCUT2D eigenvalue weighted by atomic mass is 10.1. The Bertz CT molecular complexity index is 1060. The van der Waals surface area contributed by atoms with Gasteiger partial charge in [0.1, 0.15) is 23.6 Å². The number of H-pyrrole nitrogens is 1. The number of nitrogens with one attached hydrogen (secondary N) is 3. The number of fused-ring (bicyclic) bond motifs is 1. The van der Waals surface area contributed by atoms with Crippen molar-refractivity contribution in [3.05, 3.63) is 42.0 Å². The quantitative estimate of drug-likeness (QED) is 0.596. The van der Waals surface area contributed by atoms with Gasteiger partial charge in [0.05, 0.1) is 23.5 Å². The molecule has 3 aromatic rings. The minimum Gasteiger partial charge on any atom is -0.364 e. The molecular formula is C21H25F2N7. The van der Waals surface area contributed by atoms with Gasteiger partial charge in [-0.1, -0.05) is 6.07 Å². The summed E-state index contributed by atoms with van der Waals surface area (Å²) in [5.41, 5.74) is 2.01. The smallest absolute Gasteiger partial charge is 0.256 e. The van der Waals surface area contributed by atoms with E-state index < -0.39 is 11.8 Å². The van der Waals surface area contributed by atoms with Crippen LogP contribution in [0, 0.1) is 0 Å². The van der Waals surface area contributed by atoms with Crippen LogP contribution in [0.4, 0.5) is 20.4 Å². The molecule has 0 amide bonds. The molecule has 5 rings (SSSR count). The summed E-state index contributed by atoms with van der Waals surface area (Å²) in [6, 6.07) is 6.78. The zero-order valence-corrected chi connectivity index (χ0v) is 17.0. The second-order valence-corrected chi connectivity index (χ2v) is 8.42. The summed E-state index contributed by atoms with van der Waals surface area (Å²) in [5.74, 6) is -1.91. The largest absolute Gasteiger partial charge is 0.364 e. The lowest BCUT2D eigenvalue weighted by Gasteiger charge is -2.37. The average molecular weight is 413 g/mol. The van der Waals surface area contributed by atoms with Gasteiger partial charge in [-0.25, -0.2) is 23.7 Å². The van der Waals surface area contributed by atoms with Gasteiger partial charge in [0, 0.05) is 37.8 Å². The highest BCUT2D eigenvalue weighted by molar-refractivity contribution is 5.91. The second-order valence-electron chi connectivity index (χ2n) is 8.42. The van der Waals surface area contributed by atoms with Crippen molar-refractivity contribution in [2.75, 3.05) is 23.3 Å². The number of hydrogen-bond donors (Lipinski definition) is 3. The Hall–Kier alpha value is -2.81. The molecule has 1 unspecified atom stereocenters. The van der Waals surface area contributed by atoms with Gasteiger partial charge >= 0.3 is 0 Å². The summed E-state index contributed by atoms with van der Waals surface area (Å²) in [7, 11) is 0. The van der Waals surface area contributed by atoms with E-state index in [1.165, 1.54) is 6.33 Å². The maximum absolute atomic E-state index is 13.7. The van der Waals surface area contributed by atoms with Crippen molar-refractivity contribution in [2.24, 2.45) is 0 Å². The summed E-state index contributed by atoms with van der Waals surface area (Å²) in [5, 5.41) is 7.45. The number of rotatable bonds is 5. The molecule has 3 atom stereocenters. The van der Waals surface area contributed by atoms with Crippen LogP contribution in [0.15, 0.2) is 30.7 Å². The van der Waals surface area contributed by atoms with E-state index >= 15 is 0 Å². The van der Waals surface area contributed by atoms with Gasteiger partial charge in [0.25, 0.3) is 5.92 Å². The third-order valence-corrected chi connectivity index (χ3v) is 5.81. The summed E-state index contributed by atoms with van der Waals surface area (Å²) in [4.78, 5) is 18.6. The van der Waals surface area contributed by atoms with E-state index in [0.29, 0.717) is 41.0 Å². The van der Waals surface area contributed by atoms with Crippen LogP contribution in [0.5, 0.6) is 0 Å². The molecule has 1 saturated heterocycles. The third kappa shape index (κ3) is 3.58. The van der Waals surface area contributed by atoms with Crippen LogP contribution < -0.4 is 15.5 Å². The van der Waals surface area contributed by atoms with E-state index in [2.05, 4.69) is 44.3 Å². The van der Waals surface area contributed by atoms with Gasteiger partial charge in [-0.15, -0.1) is 0 Å². The van der Waals surface area contributed by atoms with E-state index in [1.807, 2.05) is 18.2 Å². The van der Waals surface area contributed by atoms with E-state index in [-0.39, 0.29) is 6.42 Å². The minimum absolute atomic E-state index is 0.126. The SMILES string of the molecule is C[C@@H]1CN(c2cccc(CNc3ncnc4[nH]cc(C5CC5(F)F)c34)n2)C[C@H](C)N1. The summed E-state index contributed by atoms with van der Waals surface area (Å²) in [6.45, 7) is 6.60. The summed E-state index contributed by atoms with van der Waals surface area (Å²) in [6.07, 6.45) is 2.93. The van der Waals surface area contributed by atoms with Gasteiger partial charge in [-0.05, 0) is 31.5 Å². The highest BCUT2D eigenvalue weighted by atomic mass is 19.3. The Morgan fingerprint density at radius 3 is 2.70 bits per heavy atom. The molecule has 2 fully saturated rings. The first kappa shape index (κ1) is 19.2. The molecule has 0 bridgehead atoms. The van der Waals surface area contributed by atoms with Gasteiger partial charge < -0.3 is 20.5 Å². The maximum atomic E-state index is 13.7. The van der Waals surface area contributed by atoms with Crippen LogP contribution in [0.2, 0.25) is 0 Å². The molecule has 9 heteroatoms. The zero-order valence-electron chi connectivity index (χ0n) is 17.0. The fourth-order valence-corrected chi connectivity index (χ4v) is 4.38. The van der Waals surface area contributed by atoms with Gasteiger partial charge in [-0.2, -0.15) is 0 Å². The zero-order chi connectivity index (χ0) is 20.9. The fraction of sp³-hybridized carbons (Fsp3) is 0.476. The number of aromatic nitrogens is 4. The van der Waals surface area contributed by atoms with Crippen molar-refractivity contribution in [1.82, 2.24) is 25.3 Å². The van der Waals surface area contributed by atoms with Crippen molar-refractivity contribution in [3.8, 4) is 0 Å². The number of anilines is 2. The summed E-state index contributed by atoms with van der Waals surface area (Å²) >= 11 is 0. The van der Waals surface area contributed by atoms with E-state index in [1.54, 1.807) is 6.20 Å². The molecule has 2 aliphatic rings. The van der Waals surface area contributed by atoms with Gasteiger partial charge in [-0.3, -0.25) is 0 Å². The monoisotopic (exact) mass is 413 g/mol. The Balaban J connectivity index is 1.36. The molecule has 0 aromatic carbocycles. The highest BCUT2D eigenvalue weighted by Crippen LogP contribution is 2.57. The number of piperazine rings is 1. The first-order valence-corrected chi connectivity index (χ1v) is 10.3. The maximum Gasteiger partial charge on any atom is 0.256 e. The van der Waals surface area contributed by atoms with Crippen molar-refractivity contribution in [2.45, 2.75) is 50.7 Å². The molecule has 3 N–H and O–H groups in total. The first-order chi connectivity index (χ1) is 14.4. The molecule has 1 saturated carbocycles. The lowest BCUT2D eigenvalue weighted by Crippen LogP contribution is -2.54. The highest BCUT2D eigenvalue weighted by Gasteiger charge is 2.58. The van der Waals surface area contributed by atoms with E-state index in [9.17, 15) is 8.78 Å². The number of nitrogens with zero attached hydrogens (tertiary/aromatic N) is 4. The van der Waals surface area contributed by atoms with Crippen LogP contribution in [0.3, 0.4) is 0 Å². The second kappa shape index (κ2) is 7.16. The van der Waals surface area contributed by atoms with E-state index in [0.717, 1.165) is 24.6 Å². The van der Waals surface area contributed by atoms with Gasteiger partial charge in [0.15, 0.2) is 0 Å². The number of pyridine rings is 1.